The summed E-state index contributed by atoms with van der Waals surface area (Å²) in [5.74, 6) is 5.68. The highest BCUT2D eigenvalue weighted by atomic mass is 19.1. The monoisotopic (exact) mass is 284 g/mol. The van der Waals surface area contributed by atoms with Gasteiger partial charge in [-0.3, -0.25) is 0 Å². The second-order valence-corrected chi connectivity index (χ2v) is 4.55. The third kappa shape index (κ3) is 4.34. The molecular formula is C18H17FO2. The third-order valence-electron chi connectivity index (χ3n) is 3.10. The zero-order valence-corrected chi connectivity index (χ0v) is 11.9. The van der Waals surface area contributed by atoms with Crippen LogP contribution in [0.3, 0.4) is 0 Å². The molecule has 2 nitrogen and oxygen atoms in total. The van der Waals surface area contributed by atoms with E-state index >= 15 is 0 Å². The van der Waals surface area contributed by atoms with E-state index < -0.39 is 0 Å². The predicted molar refractivity (Wildman–Crippen MR) is 80.5 cm³/mol. The molecule has 0 aliphatic rings. The van der Waals surface area contributed by atoms with Gasteiger partial charge in [-0.2, -0.15) is 0 Å². The minimum atomic E-state index is -0.353. The highest BCUT2D eigenvalue weighted by Crippen LogP contribution is 2.17. The fourth-order valence-electron chi connectivity index (χ4n) is 1.91. The number of hydrogen-bond donors (Lipinski definition) is 1. The van der Waals surface area contributed by atoms with Crippen molar-refractivity contribution in [3.05, 3.63) is 65.0 Å². The molecular weight excluding hydrogens is 267 g/mol. The standard InChI is InChI=1S/C18H17FO2/c1-2-14-5-9-18(10-6-14)21-13-16-7-8-17(19)12-15(16)4-3-11-20/h5-10,12,20H,2,11,13H2,1H3. The summed E-state index contributed by atoms with van der Waals surface area (Å²) >= 11 is 0. The molecule has 2 aromatic carbocycles. The number of halogens is 1. The second-order valence-electron chi connectivity index (χ2n) is 4.55. The van der Waals surface area contributed by atoms with Crippen LogP contribution in [0, 0.1) is 17.7 Å². The Bertz CT molecular complexity index is 651. The molecule has 1 N–H and O–H groups in total. The van der Waals surface area contributed by atoms with E-state index in [0.29, 0.717) is 12.2 Å². The first-order chi connectivity index (χ1) is 10.2. The van der Waals surface area contributed by atoms with Crippen LogP contribution in [-0.4, -0.2) is 11.7 Å². The predicted octanol–water partition coefficient (Wildman–Crippen LogP) is 3.31. The van der Waals surface area contributed by atoms with Gasteiger partial charge in [-0.1, -0.05) is 37.0 Å². The van der Waals surface area contributed by atoms with Crippen LogP contribution in [0.4, 0.5) is 4.39 Å². The van der Waals surface area contributed by atoms with E-state index in [4.69, 9.17) is 9.84 Å². The smallest absolute Gasteiger partial charge is 0.124 e. The van der Waals surface area contributed by atoms with Gasteiger partial charge in [0.2, 0.25) is 0 Å². The molecule has 108 valence electrons. The van der Waals surface area contributed by atoms with Crippen molar-refractivity contribution in [1.82, 2.24) is 0 Å². The lowest BCUT2D eigenvalue weighted by molar-refractivity contribution is 0.305. The first-order valence-corrected chi connectivity index (χ1v) is 6.83. The number of ether oxygens (including phenoxy) is 1. The van der Waals surface area contributed by atoms with Crippen molar-refractivity contribution in [1.29, 1.82) is 0 Å². The molecule has 0 aliphatic heterocycles. The third-order valence-corrected chi connectivity index (χ3v) is 3.10. The summed E-state index contributed by atoms with van der Waals surface area (Å²) in [6, 6.07) is 12.3. The summed E-state index contributed by atoms with van der Waals surface area (Å²) in [6.45, 7) is 2.15. The van der Waals surface area contributed by atoms with Gasteiger partial charge in [0.25, 0.3) is 0 Å². The van der Waals surface area contributed by atoms with Crippen LogP contribution in [0.1, 0.15) is 23.6 Å². The van der Waals surface area contributed by atoms with Gasteiger partial charge in [-0.25, -0.2) is 4.39 Å². The molecule has 0 bridgehead atoms. The van der Waals surface area contributed by atoms with Gasteiger partial charge in [0.15, 0.2) is 0 Å². The first kappa shape index (κ1) is 15.1. The fraction of sp³-hybridized carbons (Fsp3) is 0.222. The van der Waals surface area contributed by atoms with Gasteiger partial charge in [0, 0.05) is 11.1 Å². The number of hydrogen-bond acceptors (Lipinski definition) is 2. The SMILES string of the molecule is CCc1ccc(OCc2ccc(F)cc2C#CCO)cc1. The van der Waals surface area contributed by atoms with Crippen LogP contribution in [0.2, 0.25) is 0 Å². The Kier molecular flexibility index (Phi) is 5.36. The first-order valence-electron chi connectivity index (χ1n) is 6.83. The average Bonchev–Trinajstić information content (AvgIpc) is 2.52. The van der Waals surface area contributed by atoms with Gasteiger partial charge in [0.05, 0.1) is 0 Å². The quantitative estimate of drug-likeness (QED) is 0.873. The summed E-state index contributed by atoms with van der Waals surface area (Å²) in [6.07, 6.45) is 0.985. The Morgan fingerprint density at radius 2 is 1.90 bits per heavy atom. The van der Waals surface area contributed by atoms with Crippen LogP contribution in [-0.2, 0) is 13.0 Å². The minimum Gasteiger partial charge on any atom is -0.489 e. The molecule has 0 heterocycles. The molecule has 0 saturated carbocycles. The van der Waals surface area contributed by atoms with E-state index in [2.05, 4.69) is 18.8 Å². The Morgan fingerprint density at radius 1 is 1.14 bits per heavy atom. The molecule has 3 heteroatoms. The molecule has 0 radical (unpaired) electrons. The minimum absolute atomic E-state index is 0.255. The van der Waals surface area contributed by atoms with Crippen molar-refractivity contribution in [2.45, 2.75) is 20.0 Å². The maximum Gasteiger partial charge on any atom is 0.124 e. The summed E-state index contributed by atoms with van der Waals surface area (Å²) in [7, 11) is 0. The summed E-state index contributed by atoms with van der Waals surface area (Å²) < 4.78 is 18.9. The molecule has 0 saturated heterocycles. The van der Waals surface area contributed by atoms with E-state index in [9.17, 15) is 4.39 Å². The van der Waals surface area contributed by atoms with Crippen molar-refractivity contribution in [3.8, 4) is 17.6 Å². The molecule has 0 fully saturated rings. The van der Waals surface area contributed by atoms with Crippen LogP contribution < -0.4 is 4.74 Å². The van der Waals surface area contributed by atoms with E-state index in [1.807, 2.05) is 24.3 Å². The van der Waals surface area contributed by atoms with Crippen LogP contribution in [0.15, 0.2) is 42.5 Å². The average molecular weight is 284 g/mol. The zero-order valence-electron chi connectivity index (χ0n) is 11.9. The lowest BCUT2D eigenvalue weighted by Crippen LogP contribution is -1.99. The van der Waals surface area contributed by atoms with Crippen molar-refractivity contribution >= 4 is 0 Å². The van der Waals surface area contributed by atoms with Crippen LogP contribution in [0.5, 0.6) is 5.75 Å². The lowest BCUT2D eigenvalue weighted by atomic mass is 10.1. The van der Waals surface area contributed by atoms with Crippen LogP contribution in [0.25, 0.3) is 0 Å². The van der Waals surface area contributed by atoms with Crippen molar-refractivity contribution in [2.75, 3.05) is 6.61 Å². The Balaban J connectivity index is 2.11. The number of aryl methyl sites for hydroxylation is 1. The van der Waals surface area contributed by atoms with Gasteiger partial charge >= 0.3 is 0 Å². The second kappa shape index (κ2) is 7.47. The summed E-state index contributed by atoms with van der Waals surface area (Å²) in [5.41, 5.74) is 2.57. The Morgan fingerprint density at radius 3 is 2.57 bits per heavy atom. The van der Waals surface area contributed by atoms with Gasteiger partial charge in [-0.15, -0.1) is 0 Å². The number of aliphatic hydroxyl groups excluding tert-OH is 1. The highest BCUT2D eigenvalue weighted by Gasteiger charge is 2.03. The Hall–Kier alpha value is -2.31. The normalized spacial score (nSPS) is 9.86. The van der Waals surface area contributed by atoms with Crippen LogP contribution >= 0.6 is 0 Å². The topological polar surface area (TPSA) is 29.5 Å². The molecule has 0 spiro atoms. The van der Waals surface area contributed by atoms with Crippen molar-refractivity contribution in [3.63, 3.8) is 0 Å². The van der Waals surface area contributed by atoms with E-state index in [-0.39, 0.29) is 12.4 Å². The lowest BCUT2D eigenvalue weighted by Gasteiger charge is -2.09. The van der Waals surface area contributed by atoms with E-state index in [1.54, 1.807) is 6.07 Å². The van der Waals surface area contributed by atoms with Crippen molar-refractivity contribution in [2.24, 2.45) is 0 Å². The van der Waals surface area contributed by atoms with E-state index in [0.717, 1.165) is 17.7 Å². The largest absolute Gasteiger partial charge is 0.489 e. The van der Waals surface area contributed by atoms with E-state index in [1.165, 1.54) is 17.7 Å². The molecule has 2 rings (SSSR count). The van der Waals surface area contributed by atoms with Crippen molar-refractivity contribution < 1.29 is 14.2 Å². The summed E-state index contributed by atoms with van der Waals surface area (Å²) in [4.78, 5) is 0. The zero-order chi connectivity index (χ0) is 15.1. The Labute approximate surface area is 124 Å². The molecule has 0 aliphatic carbocycles. The summed E-state index contributed by atoms with van der Waals surface area (Å²) in [5, 5.41) is 8.75. The molecule has 0 aromatic heterocycles. The molecule has 21 heavy (non-hydrogen) atoms. The maximum atomic E-state index is 13.2. The number of rotatable bonds is 4. The molecule has 0 unspecified atom stereocenters. The van der Waals surface area contributed by atoms with Gasteiger partial charge in [-0.05, 0) is 36.2 Å². The molecule has 0 amide bonds. The molecule has 0 atom stereocenters. The number of aliphatic hydroxyl groups is 1. The maximum absolute atomic E-state index is 13.2. The van der Waals surface area contributed by atoms with Gasteiger partial charge in [0.1, 0.15) is 24.8 Å². The fourth-order valence-corrected chi connectivity index (χ4v) is 1.91. The number of benzene rings is 2. The van der Waals surface area contributed by atoms with Gasteiger partial charge < -0.3 is 9.84 Å². The highest BCUT2D eigenvalue weighted by molar-refractivity contribution is 5.42. The molecule has 2 aromatic rings.